The average Bonchev–Trinajstić information content (AvgIpc) is 2.14. The minimum atomic E-state index is -0.186. The number of carbonyl (C=O) groups is 1. The summed E-state index contributed by atoms with van der Waals surface area (Å²) in [7, 11) is 0. The van der Waals surface area contributed by atoms with Gasteiger partial charge in [-0.3, -0.25) is 4.79 Å². The van der Waals surface area contributed by atoms with E-state index >= 15 is 0 Å². The molecule has 0 saturated carbocycles. The Labute approximate surface area is 97.4 Å². The van der Waals surface area contributed by atoms with Crippen LogP contribution in [0.15, 0.2) is 30.3 Å². The van der Waals surface area contributed by atoms with Crippen molar-refractivity contribution in [3.63, 3.8) is 0 Å². The lowest BCUT2D eigenvalue weighted by atomic mass is 10.1. The van der Waals surface area contributed by atoms with Crippen molar-refractivity contribution in [3.8, 4) is 0 Å². The standard InChI is InChI=1S/C14H19NO/c1-11-5-7-12(8-6-11)9-10-13(16)15-14(2,3)4/h5-10H,1-4H3,(H,15,16). The number of benzene rings is 1. The molecule has 0 unspecified atom stereocenters. The molecule has 1 aromatic carbocycles. The quantitative estimate of drug-likeness (QED) is 0.758. The third-order valence-corrected chi connectivity index (χ3v) is 2.00. The van der Waals surface area contributed by atoms with Gasteiger partial charge in [-0.05, 0) is 39.3 Å². The fourth-order valence-corrected chi connectivity index (χ4v) is 1.26. The summed E-state index contributed by atoms with van der Waals surface area (Å²) in [4.78, 5) is 11.5. The van der Waals surface area contributed by atoms with Gasteiger partial charge in [-0.2, -0.15) is 0 Å². The van der Waals surface area contributed by atoms with E-state index in [1.54, 1.807) is 6.08 Å². The monoisotopic (exact) mass is 217 g/mol. The fraction of sp³-hybridized carbons (Fsp3) is 0.357. The van der Waals surface area contributed by atoms with Crippen molar-refractivity contribution in [2.24, 2.45) is 0 Å². The van der Waals surface area contributed by atoms with E-state index in [0.717, 1.165) is 5.56 Å². The molecule has 1 amide bonds. The summed E-state index contributed by atoms with van der Waals surface area (Å²) in [5, 5.41) is 2.88. The Morgan fingerprint density at radius 1 is 1.19 bits per heavy atom. The third-order valence-electron chi connectivity index (χ3n) is 2.00. The van der Waals surface area contributed by atoms with Crippen molar-refractivity contribution in [1.82, 2.24) is 5.32 Å². The average molecular weight is 217 g/mol. The zero-order valence-corrected chi connectivity index (χ0v) is 10.4. The number of hydrogen-bond donors (Lipinski definition) is 1. The van der Waals surface area contributed by atoms with Crippen LogP contribution in [0.1, 0.15) is 31.9 Å². The molecule has 86 valence electrons. The smallest absolute Gasteiger partial charge is 0.244 e. The van der Waals surface area contributed by atoms with Gasteiger partial charge >= 0.3 is 0 Å². The first kappa shape index (κ1) is 12.5. The molecule has 0 spiro atoms. The molecule has 0 atom stereocenters. The lowest BCUT2D eigenvalue weighted by Crippen LogP contribution is -2.39. The van der Waals surface area contributed by atoms with Crippen LogP contribution in [0.2, 0.25) is 0 Å². The SMILES string of the molecule is Cc1ccc(C=CC(=O)NC(C)(C)C)cc1. The highest BCUT2D eigenvalue weighted by Gasteiger charge is 2.10. The van der Waals surface area contributed by atoms with Gasteiger partial charge in [0, 0.05) is 11.6 Å². The second-order valence-corrected chi connectivity index (χ2v) is 4.98. The molecular weight excluding hydrogens is 198 g/mol. The molecule has 0 fully saturated rings. The van der Waals surface area contributed by atoms with Crippen LogP contribution in [0.4, 0.5) is 0 Å². The minimum Gasteiger partial charge on any atom is -0.348 e. The van der Waals surface area contributed by atoms with Crippen LogP contribution in [-0.2, 0) is 4.79 Å². The molecule has 0 radical (unpaired) electrons. The topological polar surface area (TPSA) is 29.1 Å². The van der Waals surface area contributed by atoms with Gasteiger partial charge in [0.1, 0.15) is 0 Å². The molecule has 0 aliphatic rings. The molecule has 0 aromatic heterocycles. The van der Waals surface area contributed by atoms with E-state index in [4.69, 9.17) is 0 Å². The highest BCUT2D eigenvalue weighted by Crippen LogP contribution is 2.05. The fourth-order valence-electron chi connectivity index (χ4n) is 1.26. The minimum absolute atomic E-state index is 0.0620. The first-order valence-corrected chi connectivity index (χ1v) is 5.44. The van der Waals surface area contributed by atoms with E-state index in [0.29, 0.717) is 0 Å². The van der Waals surface area contributed by atoms with Gasteiger partial charge in [-0.1, -0.05) is 29.8 Å². The zero-order chi connectivity index (χ0) is 12.2. The van der Waals surface area contributed by atoms with Gasteiger partial charge in [0.15, 0.2) is 0 Å². The van der Waals surface area contributed by atoms with Gasteiger partial charge in [0.25, 0.3) is 0 Å². The molecule has 1 N–H and O–H groups in total. The van der Waals surface area contributed by atoms with E-state index < -0.39 is 0 Å². The Balaban J connectivity index is 2.60. The predicted octanol–water partition coefficient (Wildman–Crippen LogP) is 2.92. The van der Waals surface area contributed by atoms with Gasteiger partial charge < -0.3 is 5.32 Å². The Bertz CT molecular complexity index is 382. The van der Waals surface area contributed by atoms with E-state index in [1.165, 1.54) is 5.56 Å². The largest absolute Gasteiger partial charge is 0.348 e. The number of amides is 1. The summed E-state index contributed by atoms with van der Waals surface area (Å²) in [6.07, 6.45) is 3.39. The highest BCUT2D eigenvalue weighted by atomic mass is 16.1. The molecule has 0 bridgehead atoms. The molecule has 1 rings (SSSR count). The molecule has 0 heterocycles. The summed E-state index contributed by atoms with van der Waals surface area (Å²) < 4.78 is 0. The van der Waals surface area contributed by atoms with Crippen LogP contribution in [0.5, 0.6) is 0 Å². The number of carbonyl (C=O) groups excluding carboxylic acids is 1. The van der Waals surface area contributed by atoms with Crippen LogP contribution in [0.25, 0.3) is 6.08 Å². The van der Waals surface area contributed by atoms with Gasteiger partial charge in [0.2, 0.25) is 5.91 Å². The summed E-state index contributed by atoms with van der Waals surface area (Å²) in [5.41, 5.74) is 2.07. The van der Waals surface area contributed by atoms with Crippen molar-refractivity contribution in [2.75, 3.05) is 0 Å². The first-order chi connectivity index (χ1) is 7.37. The Morgan fingerprint density at radius 3 is 2.25 bits per heavy atom. The maximum atomic E-state index is 11.5. The Hall–Kier alpha value is -1.57. The van der Waals surface area contributed by atoms with Crippen LogP contribution in [0, 0.1) is 6.92 Å². The first-order valence-electron chi connectivity index (χ1n) is 5.44. The van der Waals surface area contributed by atoms with Crippen LogP contribution in [-0.4, -0.2) is 11.4 Å². The molecule has 2 nitrogen and oxygen atoms in total. The number of hydrogen-bond acceptors (Lipinski definition) is 1. The van der Waals surface area contributed by atoms with E-state index in [1.807, 2.05) is 58.0 Å². The zero-order valence-electron chi connectivity index (χ0n) is 10.4. The van der Waals surface area contributed by atoms with Gasteiger partial charge in [-0.15, -0.1) is 0 Å². The summed E-state index contributed by atoms with van der Waals surface area (Å²) in [5.74, 6) is -0.0620. The van der Waals surface area contributed by atoms with E-state index in [-0.39, 0.29) is 11.4 Å². The van der Waals surface area contributed by atoms with Crippen molar-refractivity contribution >= 4 is 12.0 Å². The van der Waals surface area contributed by atoms with Crippen molar-refractivity contribution in [3.05, 3.63) is 41.5 Å². The predicted molar refractivity (Wildman–Crippen MR) is 68.1 cm³/mol. The lowest BCUT2D eigenvalue weighted by Gasteiger charge is -2.18. The van der Waals surface area contributed by atoms with Gasteiger partial charge in [-0.25, -0.2) is 0 Å². The molecule has 1 aromatic rings. The summed E-state index contributed by atoms with van der Waals surface area (Å²) in [6.45, 7) is 7.93. The normalized spacial score (nSPS) is 11.8. The van der Waals surface area contributed by atoms with Crippen molar-refractivity contribution in [2.45, 2.75) is 33.2 Å². The molecular formula is C14H19NO. The summed E-state index contributed by atoms with van der Waals surface area (Å²) in [6, 6.07) is 8.05. The van der Waals surface area contributed by atoms with E-state index in [2.05, 4.69) is 5.32 Å². The van der Waals surface area contributed by atoms with E-state index in [9.17, 15) is 4.79 Å². The maximum absolute atomic E-state index is 11.5. The van der Waals surface area contributed by atoms with Crippen LogP contribution in [0.3, 0.4) is 0 Å². The van der Waals surface area contributed by atoms with Crippen LogP contribution < -0.4 is 5.32 Å². The molecule has 0 aliphatic heterocycles. The Morgan fingerprint density at radius 2 is 1.75 bits per heavy atom. The number of nitrogens with one attached hydrogen (secondary N) is 1. The van der Waals surface area contributed by atoms with Gasteiger partial charge in [0.05, 0.1) is 0 Å². The lowest BCUT2D eigenvalue weighted by molar-refractivity contribution is -0.117. The van der Waals surface area contributed by atoms with Crippen molar-refractivity contribution < 1.29 is 4.79 Å². The highest BCUT2D eigenvalue weighted by molar-refractivity contribution is 5.92. The second kappa shape index (κ2) is 4.97. The molecule has 16 heavy (non-hydrogen) atoms. The molecule has 0 saturated heterocycles. The third kappa shape index (κ3) is 4.78. The number of aryl methyl sites for hydroxylation is 1. The maximum Gasteiger partial charge on any atom is 0.244 e. The second-order valence-electron chi connectivity index (χ2n) is 4.98. The summed E-state index contributed by atoms with van der Waals surface area (Å²) >= 11 is 0. The van der Waals surface area contributed by atoms with Crippen LogP contribution >= 0.6 is 0 Å². The number of rotatable bonds is 2. The molecule has 2 heteroatoms. The Kier molecular flexibility index (Phi) is 3.88. The molecule has 0 aliphatic carbocycles. The van der Waals surface area contributed by atoms with Crippen molar-refractivity contribution in [1.29, 1.82) is 0 Å².